The second-order valence-corrected chi connectivity index (χ2v) is 5.48. The lowest BCUT2D eigenvalue weighted by atomic mass is 10.1. The third kappa shape index (κ3) is 3.68. The van der Waals surface area contributed by atoms with Gasteiger partial charge in [0.1, 0.15) is 6.04 Å². The molecular weight excluding hydrogens is 270 g/mol. The molecule has 106 valence electrons. The topological polar surface area (TPSA) is 38.3 Å². The highest BCUT2D eigenvalue weighted by Crippen LogP contribution is 2.23. The van der Waals surface area contributed by atoms with Gasteiger partial charge in [0.15, 0.2) is 0 Å². The Hall–Kier alpha value is -1.65. The molecule has 2 unspecified atom stereocenters. The van der Waals surface area contributed by atoms with Crippen molar-refractivity contribution in [1.82, 2.24) is 5.32 Å². The highest BCUT2D eigenvalue weighted by molar-refractivity contribution is 7.10. The molecule has 0 aliphatic heterocycles. The van der Waals surface area contributed by atoms with E-state index in [2.05, 4.69) is 18.3 Å². The fraction of sp³-hybridized carbons (Fsp3) is 0.312. The van der Waals surface area contributed by atoms with Gasteiger partial charge >= 0.3 is 5.97 Å². The number of carbonyl (C=O) groups is 1. The molecule has 0 fully saturated rings. The molecule has 1 aromatic carbocycles. The summed E-state index contributed by atoms with van der Waals surface area (Å²) in [4.78, 5) is 13.4. The number of hydrogen-bond acceptors (Lipinski definition) is 4. The lowest BCUT2D eigenvalue weighted by Gasteiger charge is -2.21. The van der Waals surface area contributed by atoms with Crippen LogP contribution in [0, 0.1) is 0 Å². The summed E-state index contributed by atoms with van der Waals surface area (Å²) in [6.45, 7) is 4.26. The van der Waals surface area contributed by atoms with Gasteiger partial charge in [-0.25, -0.2) is 4.79 Å². The molecule has 0 aliphatic rings. The molecule has 20 heavy (non-hydrogen) atoms. The first-order valence-electron chi connectivity index (χ1n) is 6.73. The van der Waals surface area contributed by atoms with Gasteiger partial charge in [-0.1, -0.05) is 36.4 Å². The van der Waals surface area contributed by atoms with Crippen molar-refractivity contribution >= 4 is 17.3 Å². The normalized spacial score (nSPS) is 13.7. The summed E-state index contributed by atoms with van der Waals surface area (Å²) < 4.78 is 5.18. The van der Waals surface area contributed by atoms with Crippen LogP contribution in [0.1, 0.15) is 36.4 Å². The van der Waals surface area contributed by atoms with Gasteiger partial charge in [0.2, 0.25) is 0 Å². The van der Waals surface area contributed by atoms with Crippen molar-refractivity contribution in [1.29, 1.82) is 0 Å². The number of hydrogen-bond donors (Lipinski definition) is 1. The molecule has 2 rings (SSSR count). The minimum absolute atomic E-state index is 0.101. The van der Waals surface area contributed by atoms with Crippen molar-refractivity contribution in [2.45, 2.75) is 25.9 Å². The van der Waals surface area contributed by atoms with Crippen LogP contribution in [0.25, 0.3) is 0 Å². The van der Waals surface area contributed by atoms with E-state index in [4.69, 9.17) is 4.74 Å². The molecule has 0 bridgehead atoms. The average molecular weight is 289 g/mol. The summed E-state index contributed by atoms with van der Waals surface area (Å²) >= 11 is 1.68. The van der Waals surface area contributed by atoms with Crippen molar-refractivity contribution in [2.24, 2.45) is 0 Å². The van der Waals surface area contributed by atoms with E-state index in [-0.39, 0.29) is 12.0 Å². The van der Waals surface area contributed by atoms with E-state index < -0.39 is 6.04 Å². The quantitative estimate of drug-likeness (QED) is 0.824. The van der Waals surface area contributed by atoms with Gasteiger partial charge in [-0.2, -0.15) is 0 Å². The molecule has 1 aromatic heterocycles. The fourth-order valence-electron chi connectivity index (χ4n) is 2.04. The third-order valence-electron chi connectivity index (χ3n) is 3.04. The molecule has 0 spiro atoms. The molecule has 0 saturated carbocycles. The largest absolute Gasteiger partial charge is 0.465 e. The first-order valence-corrected chi connectivity index (χ1v) is 7.61. The predicted octanol–water partition coefficient (Wildman–Crippen LogP) is 3.70. The van der Waals surface area contributed by atoms with Crippen LogP contribution in [0.15, 0.2) is 47.8 Å². The van der Waals surface area contributed by atoms with E-state index in [1.165, 1.54) is 4.88 Å². The maximum atomic E-state index is 12.2. The first-order chi connectivity index (χ1) is 9.72. The molecule has 0 aliphatic carbocycles. The Bertz CT molecular complexity index is 525. The molecule has 0 saturated heterocycles. The van der Waals surface area contributed by atoms with E-state index in [1.54, 1.807) is 11.3 Å². The monoisotopic (exact) mass is 289 g/mol. The van der Waals surface area contributed by atoms with E-state index in [9.17, 15) is 4.79 Å². The highest BCUT2D eigenvalue weighted by atomic mass is 32.1. The van der Waals surface area contributed by atoms with Crippen LogP contribution in [-0.2, 0) is 9.53 Å². The van der Waals surface area contributed by atoms with Crippen LogP contribution in [0.2, 0.25) is 0 Å². The Kier molecular flexibility index (Phi) is 5.32. The van der Waals surface area contributed by atoms with E-state index in [0.29, 0.717) is 6.61 Å². The second kappa shape index (κ2) is 7.22. The standard InChI is InChI=1S/C16H19NO2S/c1-3-19-16(18)15(13-8-5-4-6-9-13)17-12(2)14-10-7-11-20-14/h4-12,15,17H,3H2,1-2H3. The van der Waals surface area contributed by atoms with Crippen LogP contribution in [-0.4, -0.2) is 12.6 Å². The minimum Gasteiger partial charge on any atom is -0.465 e. The number of ether oxygens (including phenoxy) is 1. The number of thiophene rings is 1. The van der Waals surface area contributed by atoms with Crippen molar-refractivity contribution in [3.63, 3.8) is 0 Å². The molecule has 1 heterocycles. The van der Waals surface area contributed by atoms with Crippen LogP contribution in [0.3, 0.4) is 0 Å². The summed E-state index contributed by atoms with van der Waals surface area (Å²) in [5.41, 5.74) is 0.925. The van der Waals surface area contributed by atoms with Crippen LogP contribution >= 0.6 is 11.3 Å². The van der Waals surface area contributed by atoms with Crippen LogP contribution in [0.5, 0.6) is 0 Å². The Morgan fingerprint density at radius 1 is 1.25 bits per heavy atom. The van der Waals surface area contributed by atoms with Gasteiger partial charge in [0, 0.05) is 10.9 Å². The highest BCUT2D eigenvalue weighted by Gasteiger charge is 2.24. The van der Waals surface area contributed by atoms with Gasteiger partial charge in [0.05, 0.1) is 6.61 Å². The first kappa shape index (κ1) is 14.8. The molecule has 0 radical (unpaired) electrons. The zero-order chi connectivity index (χ0) is 14.4. The van der Waals surface area contributed by atoms with E-state index >= 15 is 0 Å². The maximum Gasteiger partial charge on any atom is 0.327 e. The number of carbonyl (C=O) groups excluding carboxylic acids is 1. The summed E-state index contributed by atoms with van der Waals surface area (Å²) in [6, 6.07) is 13.4. The molecule has 2 aromatic rings. The Labute approximate surface area is 123 Å². The second-order valence-electron chi connectivity index (χ2n) is 4.50. The van der Waals surface area contributed by atoms with Gasteiger partial charge in [-0.05, 0) is 30.9 Å². The molecule has 3 nitrogen and oxygen atoms in total. The number of rotatable bonds is 6. The summed E-state index contributed by atoms with van der Waals surface area (Å²) in [6.07, 6.45) is 0. The number of benzene rings is 1. The van der Waals surface area contributed by atoms with Crippen LogP contribution in [0.4, 0.5) is 0 Å². The summed E-state index contributed by atoms with van der Waals surface area (Å²) in [7, 11) is 0. The Balaban J connectivity index is 2.17. The Morgan fingerprint density at radius 3 is 2.60 bits per heavy atom. The van der Waals surface area contributed by atoms with Crippen molar-refractivity contribution in [3.8, 4) is 0 Å². The maximum absolute atomic E-state index is 12.2. The number of esters is 1. The summed E-state index contributed by atoms with van der Waals surface area (Å²) in [5, 5.41) is 5.39. The molecule has 4 heteroatoms. The van der Waals surface area contributed by atoms with Gasteiger partial charge in [0.25, 0.3) is 0 Å². The van der Waals surface area contributed by atoms with Gasteiger partial charge in [-0.3, -0.25) is 5.32 Å². The van der Waals surface area contributed by atoms with E-state index in [0.717, 1.165) is 5.56 Å². The SMILES string of the molecule is CCOC(=O)C(NC(C)c1cccs1)c1ccccc1. The van der Waals surface area contributed by atoms with Crippen molar-refractivity contribution < 1.29 is 9.53 Å². The summed E-state index contributed by atoms with van der Waals surface area (Å²) in [5.74, 6) is -0.234. The van der Waals surface area contributed by atoms with Crippen molar-refractivity contribution in [2.75, 3.05) is 6.61 Å². The van der Waals surface area contributed by atoms with Gasteiger partial charge in [-0.15, -0.1) is 11.3 Å². The molecule has 0 amide bonds. The lowest BCUT2D eigenvalue weighted by molar-refractivity contribution is -0.146. The molecule has 2 atom stereocenters. The van der Waals surface area contributed by atoms with Crippen molar-refractivity contribution in [3.05, 3.63) is 58.3 Å². The number of nitrogens with one attached hydrogen (secondary N) is 1. The van der Waals surface area contributed by atoms with Gasteiger partial charge < -0.3 is 4.74 Å². The zero-order valence-corrected chi connectivity index (χ0v) is 12.5. The van der Waals surface area contributed by atoms with Crippen LogP contribution < -0.4 is 5.32 Å². The average Bonchev–Trinajstić information content (AvgIpc) is 3.00. The zero-order valence-electron chi connectivity index (χ0n) is 11.7. The molecule has 1 N–H and O–H groups in total. The minimum atomic E-state index is -0.437. The predicted molar refractivity (Wildman–Crippen MR) is 81.7 cm³/mol. The fourth-order valence-corrected chi connectivity index (χ4v) is 2.78. The smallest absolute Gasteiger partial charge is 0.327 e. The Morgan fingerprint density at radius 2 is 2.00 bits per heavy atom. The third-order valence-corrected chi connectivity index (χ3v) is 4.10. The lowest BCUT2D eigenvalue weighted by Crippen LogP contribution is -2.32. The molecular formula is C16H19NO2S. The van der Waals surface area contributed by atoms with E-state index in [1.807, 2.05) is 48.7 Å².